The van der Waals surface area contributed by atoms with Crippen molar-refractivity contribution >= 4 is 23.5 Å². The summed E-state index contributed by atoms with van der Waals surface area (Å²) < 4.78 is 0. The Bertz CT molecular complexity index is 494. The first kappa shape index (κ1) is 13.6. The fraction of sp³-hybridized carbons (Fsp3) is 0.333. The lowest BCUT2D eigenvalue weighted by Crippen LogP contribution is -2.49. The summed E-state index contributed by atoms with van der Waals surface area (Å²) in [4.78, 5) is 23.1. The van der Waals surface area contributed by atoms with Crippen LogP contribution in [0.4, 0.5) is 4.79 Å². The van der Waals surface area contributed by atoms with Crippen molar-refractivity contribution in [3.63, 3.8) is 0 Å². The van der Waals surface area contributed by atoms with Crippen LogP contribution >= 0.6 is 11.6 Å². The minimum Gasteiger partial charge on any atom is -0.333 e. The number of hydrazine groups is 1. The van der Waals surface area contributed by atoms with Gasteiger partial charge in [-0.1, -0.05) is 29.8 Å². The molecule has 0 unspecified atom stereocenters. The number of nitrogens with one attached hydrogen (secondary N) is 2. The second-order valence-corrected chi connectivity index (χ2v) is 4.68. The molecule has 1 aromatic rings. The van der Waals surface area contributed by atoms with E-state index in [9.17, 15) is 9.59 Å². The first-order chi connectivity index (χ1) is 9.08. The van der Waals surface area contributed by atoms with Crippen LogP contribution < -0.4 is 16.5 Å². The topological polar surface area (TPSA) is 87.5 Å². The van der Waals surface area contributed by atoms with E-state index in [2.05, 4.69) is 10.7 Å². The zero-order valence-electron chi connectivity index (χ0n) is 10.2. The molecule has 19 heavy (non-hydrogen) atoms. The van der Waals surface area contributed by atoms with Crippen LogP contribution in [-0.2, 0) is 11.3 Å². The van der Waals surface area contributed by atoms with Crippen molar-refractivity contribution in [2.45, 2.75) is 19.0 Å². The van der Waals surface area contributed by atoms with Crippen molar-refractivity contribution in [3.8, 4) is 0 Å². The number of halogens is 1. The number of benzene rings is 1. The van der Waals surface area contributed by atoms with Gasteiger partial charge in [0.2, 0.25) is 0 Å². The molecule has 0 aliphatic carbocycles. The van der Waals surface area contributed by atoms with Crippen LogP contribution in [0.25, 0.3) is 0 Å². The summed E-state index contributed by atoms with van der Waals surface area (Å²) in [5.74, 6) is -0.270. The van der Waals surface area contributed by atoms with Crippen molar-refractivity contribution < 1.29 is 9.59 Å². The van der Waals surface area contributed by atoms with Gasteiger partial charge in [-0.15, -0.1) is 0 Å². The quantitative estimate of drug-likeness (QED) is 0.759. The maximum absolute atomic E-state index is 11.6. The van der Waals surface area contributed by atoms with Crippen molar-refractivity contribution in [1.29, 1.82) is 0 Å². The largest absolute Gasteiger partial charge is 0.333 e. The second-order valence-electron chi connectivity index (χ2n) is 4.27. The summed E-state index contributed by atoms with van der Waals surface area (Å²) in [6.07, 6.45) is 0.545. The molecule has 0 saturated carbocycles. The molecule has 2 rings (SSSR count). The predicted molar refractivity (Wildman–Crippen MR) is 71.1 cm³/mol. The molecule has 1 heterocycles. The van der Waals surface area contributed by atoms with Crippen LogP contribution in [0.15, 0.2) is 24.3 Å². The highest BCUT2D eigenvalue weighted by Crippen LogP contribution is 2.14. The zero-order valence-corrected chi connectivity index (χ0v) is 11.0. The van der Waals surface area contributed by atoms with E-state index >= 15 is 0 Å². The summed E-state index contributed by atoms with van der Waals surface area (Å²) in [6, 6.07) is 6.24. The molecular weight excluding hydrogens is 268 g/mol. The molecule has 1 atom stereocenters. The van der Waals surface area contributed by atoms with Gasteiger partial charge in [0.15, 0.2) is 0 Å². The molecule has 0 radical (unpaired) electrons. The summed E-state index contributed by atoms with van der Waals surface area (Å²) in [6.45, 7) is 0.721. The summed E-state index contributed by atoms with van der Waals surface area (Å²) in [5.41, 5.74) is 8.82. The van der Waals surface area contributed by atoms with Gasteiger partial charge >= 0.3 is 6.03 Å². The molecule has 0 aromatic heterocycles. The average molecular weight is 283 g/mol. The molecule has 3 amide bonds. The minimum atomic E-state index is -0.524. The van der Waals surface area contributed by atoms with E-state index in [1.807, 2.05) is 18.2 Å². The molecule has 102 valence electrons. The van der Waals surface area contributed by atoms with Crippen LogP contribution in [0.2, 0.25) is 5.02 Å². The molecule has 0 bridgehead atoms. The van der Waals surface area contributed by atoms with Crippen LogP contribution in [0.3, 0.4) is 0 Å². The lowest BCUT2D eigenvalue weighted by molar-refractivity contribution is -0.130. The Hall–Kier alpha value is -1.79. The molecule has 1 aliphatic heterocycles. The van der Waals surface area contributed by atoms with Crippen molar-refractivity contribution in [1.82, 2.24) is 15.8 Å². The maximum atomic E-state index is 11.6. The van der Waals surface area contributed by atoms with Crippen molar-refractivity contribution in [2.75, 3.05) is 6.54 Å². The Morgan fingerprint density at radius 3 is 2.84 bits per heavy atom. The van der Waals surface area contributed by atoms with Crippen molar-refractivity contribution in [3.05, 3.63) is 34.9 Å². The number of urea groups is 1. The molecule has 1 aliphatic rings. The predicted octanol–water partition coefficient (Wildman–Crippen LogP) is 0.614. The summed E-state index contributed by atoms with van der Waals surface area (Å²) >= 11 is 5.97. The zero-order chi connectivity index (χ0) is 13.8. The third-order valence-electron chi connectivity index (χ3n) is 2.88. The van der Waals surface area contributed by atoms with Gasteiger partial charge in [-0.05, 0) is 18.1 Å². The maximum Gasteiger partial charge on any atom is 0.333 e. The van der Waals surface area contributed by atoms with E-state index in [0.717, 1.165) is 5.56 Å². The van der Waals surface area contributed by atoms with E-state index in [0.29, 0.717) is 24.5 Å². The number of rotatable bonds is 3. The molecule has 0 spiro atoms. The summed E-state index contributed by atoms with van der Waals surface area (Å²) in [7, 11) is 0. The highest BCUT2D eigenvalue weighted by atomic mass is 35.5. The standard InChI is InChI=1S/C12H15ClN4O2/c13-9-4-2-1-3-8(9)7-15-12(19)16-17-6-5-10(14)11(17)18/h1-4,10H,5-7,14H2,(H2,15,16,19)/t10-/m0/s1. The Labute approximate surface area is 115 Å². The minimum absolute atomic E-state index is 0.270. The van der Waals surface area contributed by atoms with Gasteiger partial charge < -0.3 is 11.1 Å². The van der Waals surface area contributed by atoms with Gasteiger partial charge in [0.05, 0.1) is 6.04 Å². The van der Waals surface area contributed by atoms with Crippen LogP contribution in [0.5, 0.6) is 0 Å². The van der Waals surface area contributed by atoms with Crippen LogP contribution in [0.1, 0.15) is 12.0 Å². The van der Waals surface area contributed by atoms with Gasteiger partial charge in [0.25, 0.3) is 5.91 Å². The smallest absolute Gasteiger partial charge is 0.333 e. The lowest BCUT2D eigenvalue weighted by atomic mass is 10.2. The first-order valence-electron chi connectivity index (χ1n) is 5.93. The Balaban J connectivity index is 1.82. The fourth-order valence-electron chi connectivity index (χ4n) is 1.79. The highest BCUT2D eigenvalue weighted by Gasteiger charge is 2.29. The SMILES string of the molecule is N[C@H]1CCN(NC(=O)NCc2ccccc2Cl)C1=O. The fourth-order valence-corrected chi connectivity index (χ4v) is 1.99. The van der Waals surface area contributed by atoms with Gasteiger partial charge in [-0.3, -0.25) is 9.80 Å². The molecule has 6 nitrogen and oxygen atoms in total. The third kappa shape index (κ3) is 3.36. The number of carbonyl (C=O) groups excluding carboxylic acids is 2. The Morgan fingerprint density at radius 2 is 2.21 bits per heavy atom. The number of hydrogen-bond acceptors (Lipinski definition) is 3. The van der Waals surface area contributed by atoms with Crippen LogP contribution in [0, 0.1) is 0 Å². The summed E-state index contributed by atoms with van der Waals surface area (Å²) in [5, 5.41) is 4.45. The van der Waals surface area contributed by atoms with Gasteiger partial charge in [-0.2, -0.15) is 0 Å². The molecule has 1 aromatic carbocycles. The number of carbonyl (C=O) groups is 2. The molecule has 7 heteroatoms. The monoisotopic (exact) mass is 282 g/mol. The Morgan fingerprint density at radius 1 is 1.47 bits per heavy atom. The number of nitrogens with two attached hydrogens (primary N) is 1. The Kier molecular flexibility index (Phi) is 4.24. The third-order valence-corrected chi connectivity index (χ3v) is 3.25. The molecule has 1 fully saturated rings. The molecular formula is C12H15ClN4O2. The molecule has 4 N–H and O–H groups in total. The number of amides is 3. The van der Waals surface area contributed by atoms with E-state index in [1.165, 1.54) is 5.01 Å². The average Bonchev–Trinajstić information content (AvgIpc) is 2.70. The van der Waals surface area contributed by atoms with Gasteiger partial charge in [-0.25, -0.2) is 10.2 Å². The van der Waals surface area contributed by atoms with Gasteiger partial charge in [0, 0.05) is 18.1 Å². The van der Waals surface area contributed by atoms with E-state index in [4.69, 9.17) is 17.3 Å². The lowest BCUT2D eigenvalue weighted by Gasteiger charge is -2.17. The number of nitrogens with zero attached hydrogens (tertiary/aromatic N) is 1. The first-order valence-corrected chi connectivity index (χ1v) is 6.30. The van der Waals surface area contributed by atoms with Gasteiger partial charge in [0.1, 0.15) is 0 Å². The van der Waals surface area contributed by atoms with E-state index in [1.54, 1.807) is 6.07 Å². The highest BCUT2D eigenvalue weighted by molar-refractivity contribution is 6.31. The molecule has 1 saturated heterocycles. The number of hydrogen-bond donors (Lipinski definition) is 3. The van der Waals surface area contributed by atoms with Crippen molar-refractivity contribution in [2.24, 2.45) is 5.73 Å². The normalized spacial score (nSPS) is 18.5. The van der Waals surface area contributed by atoms with E-state index in [-0.39, 0.29) is 5.91 Å². The second kappa shape index (κ2) is 5.90. The van der Waals surface area contributed by atoms with E-state index < -0.39 is 12.1 Å². The van der Waals surface area contributed by atoms with Crippen LogP contribution in [-0.4, -0.2) is 29.5 Å².